The highest BCUT2D eigenvalue weighted by Crippen LogP contribution is 2.40. The van der Waals surface area contributed by atoms with E-state index in [0.29, 0.717) is 5.56 Å². The second-order valence-electron chi connectivity index (χ2n) is 3.23. The molecule has 0 spiro atoms. The molecule has 1 aromatic rings. The lowest BCUT2D eigenvalue weighted by molar-refractivity contribution is -0.423. The normalized spacial score (nSPS) is 9.94. The fourth-order valence-corrected chi connectivity index (χ4v) is 1.41. The number of hydrogen-bond acceptors (Lipinski definition) is 5. The topological polar surface area (TPSA) is 95.5 Å². The predicted molar refractivity (Wildman–Crippen MR) is 55.8 cm³/mol. The predicted octanol–water partition coefficient (Wildman–Crippen LogP) is 2.13. The lowest BCUT2D eigenvalue weighted by Gasteiger charge is -2.06. The van der Waals surface area contributed by atoms with Crippen molar-refractivity contribution in [3.8, 4) is 5.75 Å². The summed E-state index contributed by atoms with van der Waals surface area (Å²) in [6.07, 6.45) is 0. The standard InChI is InChI=1S/C9H10N2O5/c1-5-4-7(16-3)9(11(14)15)8(6(5)2)10(12)13/h4H,1-3H3. The van der Waals surface area contributed by atoms with E-state index in [1.807, 2.05) is 0 Å². The number of benzene rings is 1. The van der Waals surface area contributed by atoms with Crippen LogP contribution in [0.3, 0.4) is 0 Å². The Balaban J connectivity index is 3.71. The lowest BCUT2D eigenvalue weighted by Crippen LogP contribution is -2.03. The van der Waals surface area contributed by atoms with Crippen molar-refractivity contribution in [3.63, 3.8) is 0 Å². The first kappa shape index (κ1) is 11.9. The first-order valence-electron chi connectivity index (χ1n) is 4.37. The van der Waals surface area contributed by atoms with Gasteiger partial charge in [-0.05, 0) is 25.5 Å². The SMILES string of the molecule is COc1cc(C)c(C)c([N+](=O)[O-])c1[N+](=O)[O-]. The second kappa shape index (κ2) is 4.13. The van der Waals surface area contributed by atoms with Gasteiger partial charge in [-0.2, -0.15) is 0 Å². The maximum absolute atomic E-state index is 10.8. The highest BCUT2D eigenvalue weighted by Gasteiger charge is 2.33. The van der Waals surface area contributed by atoms with Crippen LogP contribution in [0.25, 0.3) is 0 Å². The summed E-state index contributed by atoms with van der Waals surface area (Å²) in [5.74, 6) is -0.0974. The van der Waals surface area contributed by atoms with E-state index in [0.717, 1.165) is 0 Å². The van der Waals surface area contributed by atoms with Crippen molar-refractivity contribution in [1.82, 2.24) is 0 Å². The average molecular weight is 226 g/mol. The minimum atomic E-state index is -0.802. The monoisotopic (exact) mass is 226 g/mol. The molecule has 0 amide bonds. The molecule has 16 heavy (non-hydrogen) atoms. The van der Waals surface area contributed by atoms with Gasteiger partial charge in [-0.1, -0.05) is 0 Å². The van der Waals surface area contributed by atoms with Crippen molar-refractivity contribution in [2.24, 2.45) is 0 Å². The maximum Gasteiger partial charge on any atom is 0.387 e. The fourth-order valence-electron chi connectivity index (χ4n) is 1.41. The van der Waals surface area contributed by atoms with Gasteiger partial charge in [0.15, 0.2) is 0 Å². The molecule has 0 heterocycles. The van der Waals surface area contributed by atoms with Crippen LogP contribution in [-0.4, -0.2) is 17.0 Å². The van der Waals surface area contributed by atoms with E-state index in [1.54, 1.807) is 6.92 Å². The Morgan fingerprint density at radius 1 is 1.12 bits per heavy atom. The number of ether oxygens (including phenoxy) is 1. The minimum absolute atomic E-state index is 0.0974. The van der Waals surface area contributed by atoms with Gasteiger partial charge in [0, 0.05) is 5.56 Å². The molecule has 86 valence electrons. The van der Waals surface area contributed by atoms with Crippen molar-refractivity contribution in [3.05, 3.63) is 37.4 Å². The van der Waals surface area contributed by atoms with Gasteiger partial charge in [0.2, 0.25) is 5.75 Å². The first-order chi connectivity index (χ1) is 7.40. The molecule has 0 radical (unpaired) electrons. The molecule has 0 aliphatic heterocycles. The van der Waals surface area contributed by atoms with Crippen molar-refractivity contribution >= 4 is 11.4 Å². The number of hydrogen-bond donors (Lipinski definition) is 0. The summed E-state index contributed by atoms with van der Waals surface area (Å²) in [5, 5.41) is 21.6. The number of nitro groups is 2. The average Bonchev–Trinajstić information content (AvgIpc) is 2.19. The van der Waals surface area contributed by atoms with Gasteiger partial charge in [0.05, 0.1) is 17.0 Å². The molecule has 1 aromatic carbocycles. The van der Waals surface area contributed by atoms with E-state index in [4.69, 9.17) is 4.74 Å². The molecular weight excluding hydrogens is 216 g/mol. The highest BCUT2D eigenvalue weighted by atomic mass is 16.6. The summed E-state index contributed by atoms with van der Waals surface area (Å²) in [6.45, 7) is 3.11. The highest BCUT2D eigenvalue weighted by molar-refractivity contribution is 5.67. The molecule has 0 saturated heterocycles. The summed E-state index contributed by atoms with van der Waals surface area (Å²) in [7, 11) is 1.24. The summed E-state index contributed by atoms with van der Waals surface area (Å²) >= 11 is 0. The minimum Gasteiger partial charge on any atom is -0.490 e. The van der Waals surface area contributed by atoms with Crippen LogP contribution in [0.4, 0.5) is 11.4 Å². The molecule has 0 N–H and O–H groups in total. The van der Waals surface area contributed by atoms with Gasteiger partial charge in [-0.15, -0.1) is 0 Å². The number of nitro benzene ring substituents is 2. The molecule has 0 saturated carbocycles. The van der Waals surface area contributed by atoms with Gasteiger partial charge in [0.25, 0.3) is 0 Å². The summed E-state index contributed by atoms with van der Waals surface area (Å²) < 4.78 is 4.79. The van der Waals surface area contributed by atoms with Gasteiger partial charge in [0.1, 0.15) is 0 Å². The molecular formula is C9H10N2O5. The number of methoxy groups -OCH3 is 1. The Morgan fingerprint density at radius 3 is 2.00 bits per heavy atom. The molecule has 0 fully saturated rings. The van der Waals surface area contributed by atoms with E-state index < -0.39 is 21.2 Å². The summed E-state index contributed by atoms with van der Waals surface area (Å²) in [5.41, 5.74) is -0.260. The smallest absolute Gasteiger partial charge is 0.387 e. The third kappa shape index (κ3) is 1.79. The van der Waals surface area contributed by atoms with Gasteiger partial charge in [-0.25, -0.2) is 0 Å². The fraction of sp³-hybridized carbons (Fsp3) is 0.333. The Bertz CT molecular complexity index is 469. The summed E-state index contributed by atoms with van der Waals surface area (Å²) in [6, 6.07) is 1.42. The maximum atomic E-state index is 10.8. The molecule has 7 nitrogen and oxygen atoms in total. The third-order valence-corrected chi connectivity index (χ3v) is 2.34. The van der Waals surface area contributed by atoms with Crippen LogP contribution >= 0.6 is 0 Å². The van der Waals surface area contributed by atoms with Crippen LogP contribution in [0.5, 0.6) is 5.75 Å². The molecule has 7 heteroatoms. The quantitative estimate of drug-likeness (QED) is 0.581. The van der Waals surface area contributed by atoms with Crippen molar-refractivity contribution in [1.29, 1.82) is 0 Å². The van der Waals surface area contributed by atoms with E-state index >= 15 is 0 Å². The van der Waals surface area contributed by atoms with Gasteiger partial charge < -0.3 is 4.74 Å². The number of rotatable bonds is 3. The zero-order chi connectivity index (χ0) is 12.5. The summed E-state index contributed by atoms with van der Waals surface area (Å²) in [4.78, 5) is 20.0. The number of nitrogens with zero attached hydrogens (tertiary/aromatic N) is 2. The molecule has 0 aliphatic rings. The number of aryl methyl sites for hydroxylation is 1. The van der Waals surface area contributed by atoms with Gasteiger partial charge >= 0.3 is 11.4 Å². The molecule has 0 unspecified atom stereocenters. The van der Waals surface area contributed by atoms with E-state index in [1.165, 1.54) is 20.1 Å². The first-order valence-corrected chi connectivity index (χ1v) is 4.37. The lowest BCUT2D eigenvalue weighted by atomic mass is 10.1. The molecule has 0 aromatic heterocycles. The van der Waals surface area contributed by atoms with Crippen LogP contribution in [0.2, 0.25) is 0 Å². The van der Waals surface area contributed by atoms with Crippen LogP contribution in [0.15, 0.2) is 6.07 Å². The van der Waals surface area contributed by atoms with Crippen molar-refractivity contribution in [2.45, 2.75) is 13.8 Å². The zero-order valence-corrected chi connectivity index (χ0v) is 9.01. The van der Waals surface area contributed by atoms with Crippen LogP contribution < -0.4 is 4.74 Å². The van der Waals surface area contributed by atoms with E-state index in [2.05, 4.69) is 0 Å². The Morgan fingerprint density at radius 2 is 1.62 bits per heavy atom. The molecule has 0 atom stereocenters. The molecule has 0 aliphatic carbocycles. The van der Waals surface area contributed by atoms with E-state index in [9.17, 15) is 20.2 Å². The Kier molecular flexibility index (Phi) is 3.07. The van der Waals surface area contributed by atoms with Gasteiger partial charge in [-0.3, -0.25) is 20.2 Å². The van der Waals surface area contributed by atoms with Crippen LogP contribution in [0, 0.1) is 34.1 Å². The Hall–Kier alpha value is -2.18. The van der Waals surface area contributed by atoms with Crippen LogP contribution in [0.1, 0.15) is 11.1 Å². The zero-order valence-electron chi connectivity index (χ0n) is 9.01. The molecule has 0 bridgehead atoms. The van der Waals surface area contributed by atoms with Crippen LogP contribution in [-0.2, 0) is 0 Å². The Labute approximate surface area is 90.9 Å². The van der Waals surface area contributed by atoms with Crippen molar-refractivity contribution in [2.75, 3.05) is 7.11 Å². The second-order valence-corrected chi connectivity index (χ2v) is 3.23. The largest absolute Gasteiger partial charge is 0.490 e. The third-order valence-electron chi connectivity index (χ3n) is 2.34. The van der Waals surface area contributed by atoms with E-state index in [-0.39, 0.29) is 11.3 Å². The molecule has 1 rings (SSSR count). The van der Waals surface area contributed by atoms with Crippen molar-refractivity contribution < 1.29 is 14.6 Å².